The summed E-state index contributed by atoms with van der Waals surface area (Å²) >= 11 is 8.17. The predicted octanol–water partition coefficient (Wildman–Crippen LogP) is 2.69. The molecule has 7 heteroatoms. The molecule has 5 nitrogen and oxygen atoms in total. The minimum atomic E-state index is -0.0514. The first-order valence-electron chi connectivity index (χ1n) is 8.74. The molecule has 2 fully saturated rings. The highest BCUT2D eigenvalue weighted by Crippen LogP contribution is 2.33. The van der Waals surface area contributed by atoms with Crippen molar-refractivity contribution in [3.8, 4) is 0 Å². The van der Waals surface area contributed by atoms with Crippen LogP contribution in [0.4, 0.5) is 4.79 Å². The number of carbonyl (C=O) groups is 1. The molecule has 25 heavy (non-hydrogen) atoms. The molecule has 0 aliphatic carbocycles. The average molecular weight is 384 g/mol. The van der Waals surface area contributed by atoms with E-state index in [0.717, 1.165) is 49.8 Å². The van der Waals surface area contributed by atoms with Crippen LogP contribution in [-0.4, -0.2) is 72.8 Å². The van der Waals surface area contributed by atoms with Gasteiger partial charge in [-0.3, -0.25) is 4.90 Å². The smallest absolute Gasteiger partial charge is 0.317 e. The Morgan fingerprint density at radius 1 is 1.40 bits per heavy atom. The summed E-state index contributed by atoms with van der Waals surface area (Å²) in [6.45, 7) is 4.66. The van der Waals surface area contributed by atoms with E-state index in [-0.39, 0.29) is 11.6 Å². The lowest BCUT2D eigenvalue weighted by Crippen LogP contribution is -2.59. The van der Waals surface area contributed by atoms with Crippen LogP contribution in [0.25, 0.3) is 0 Å². The summed E-state index contributed by atoms with van der Waals surface area (Å²) in [5, 5.41) is 3.84. The maximum atomic E-state index is 12.6. The summed E-state index contributed by atoms with van der Waals surface area (Å²) < 4.78 is 5.49. The summed E-state index contributed by atoms with van der Waals surface area (Å²) in [6.07, 6.45) is 1.12. The number of benzene rings is 1. The van der Waals surface area contributed by atoms with Gasteiger partial charge in [0.2, 0.25) is 0 Å². The molecule has 138 valence electrons. The molecule has 2 amide bonds. The van der Waals surface area contributed by atoms with E-state index in [4.69, 9.17) is 16.3 Å². The number of urea groups is 1. The van der Waals surface area contributed by atoms with Crippen molar-refractivity contribution in [1.82, 2.24) is 15.1 Å². The van der Waals surface area contributed by atoms with Crippen molar-refractivity contribution in [3.63, 3.8) is 0 Å². The first-order valence-corrected chi connectivity index (χ1v) is 10.3. The van der Waals surface area contributed by atoms with Crippen molar-refractivity contribution in [1.29, 1.82) is 0 Å². The van der Waals surface area contributed by atoms with Gasteiger partial charge in [-0.1, -0.05) is 29.8 Å². The zero-order valence-electron chi connectivity index (χ0n) is 14.7. The van der Waals surface area contributed by atoms with E-state index in [0.29, 0.717) is 18.1 Å². The Morgan fingerprint density at radius 2 is 2.16 bits per heavy atom. The average Bonchev–Trinajstić information content (AvgIpc) is 3.12. The van der Waals surface area contributed by atoms with Gasteiger partial charge in [0.1, 0.15) is 0 Å². The number of carbonyl (C=O) groups excluding carboxylic acids is 1. The molecule has 1 atom stereocenters. The molecule has 2 saturated heterocycles. The zero-order chi connectivity index (χ0) is 17.7. The van der Waals surface area contributed by atoms with Gasteiger partial charge in [-0.2, -0.15) is 11.8 Å². The minimum absolute atomic E-state index is 0.0514. The Hall–Kier alpha value is -0.950. The Kier molecular flexibility index (Phi) is 6.49. The van der Waals surface area contributed by atoms with Crippen LogP contribution in [0, 0.1) is 0 Å². The Balaban J connectivity index is 1.57. The van der Waals surface area contributed by atoms with E-state index in [2.05, 4.69) is 10.2 Å². The van der Waals surface area contributed by atoms with Gasteiger partial charge >= 0.3 is 6.03 Å². The Labute approximate surface area is 159 Å². The second-order valence-electron chi connectivity index (χ2n) is 6.73. The highest BCUT2D eigenvalue weighted by molar-refractivity contribution is 7.99. The third-order valence-corrected chi connectivity index (χ3v) is 6.65. The molecule has 2 aliphatic heterocycles. The predicted molar refractivity (Wildman–Crippen MR) is 103 cm³/mol. The quantitative estimate of drug-likeness (QED) is 0.849. The normalized spacial score (nSPS) is 24.2. The second kappa shape index (κ2) is 8.62. The van der Waals surface area contributed by atoms with Crippen LogP contribution in [0.2, 0.25) is 5.02 Å². The molecule has 3 rings (SSSR count). The maximum absolute atomic E-state index is 12.6. The number of halogens is 1. The van der Waals surface area contributed by atoms with E-state index >= 15 is 0 Å². The van der Waals surface area contributed by atoms with Crippen LogP contribution in [0.15, 0.2) is 24.3 Å². The summed E-state index contributed by atoms with van der Waals surface area (Å²) in [5.74, 6) is 2.23. The van der Waals surface area contributed by atoms with E-state index < -0.39 is 0 Å². The van der Waals surface area contributed by atoms with Crippen LogP contribution >= 0.6 is 23.4 Å². The van der Waals surface area contributed by atoms with Crippen LogP contribution in [0.3, 0.4) is 0 Å². The molecule has 1 unspecified atom stereocenters. The fourth-order valence-electron chi connectivity index (χ4n) is 3.46. The molecular formula is C18H26ClN3O2S. The van der Waals surface area contributed by atoms with Gasteiger partial charge in [0.05, 0.1) is 13.2 Å². The van der Waals surface area contributed by atoms with Crippen molar-refractivity contribution in [2.24, 2.45) is 0 Å². The van der Waals surface area contributed by atoms with Gasteiger partial charge in [-0.05, 0) is 23.8 Å². The largest absolute Gasteiger partial charge is 0.379 e. The molecule has 0 radical (unpaired) electrons. The summed E-state index contributed by atoms with van der Waals surface area (Å²) in [6, 6.07) is 7.59. The van der Waals surface area contributed by atoms with E-state index in [1.54, 1.807) is 4.90 Å². The van der Waals surface area contributed by atoms with E-state index in [1.165, 1.54) is 0 Å². The third kappa shape index (κ3) is 4.61. The number of rotatable bonds is 5. The van der Waals surface area contributed by atoms with E-state index in [9.17, 15) is 4.79 Å². The molecule has 2 aliphatic rings. The number of hydrogen-bond acceptors (Lipinski definition) is 4. The van der Waals surface area contributed by atoms with Gasteiger partial charge < -0.3 is 15.0 Å². The van der Waals surface area contributed by atoms with E-state index in [1.807, 2.05) is 43.1 Å². The van der Waals surface area contributed by atoms with Gasteiger partial charge in [-0.15, -0.1) is 0 Å². The molecule has 0 spiro atoms. The van der Waals surface area contributed by atoms with Crippen molar-refractivity contribution >= 4 is 29.4 Å². The van der Waals surface area contributed by atoms with Crippen molar-refractivity contribution in [2.75, 3.05) is 51.4 Å². The standard InChI is InChI=1S/C18H26ClN3O2S/c1-21(12-15-4-2-3-5-16(15)19)17(23)20-13-18(6-11-25-14-18)22-7-9-24-10-8-22/h2-5H,6-14H2,1H3,(H,20,23). The molecule has 2 heterocycles. The monoisotopic (exact) mass is 383 g/mol. The first-order chi connectivity index (χ1) is 12.1. The number of nitrogens with one attached hydrogen (secondary N) is 1. The van der Waals surface area contributed by atoms with Crippen molar-refractivity contribution in [2.45, 2.75) is 18.5 Å². The number of morpholine rings is 1. The number of hydrogen-bond donors (Lipinski definition) is 1. The SMILES string of the molecule is CN(Cc1ccccc1Cl)C(=O)NCC1(N2CCOCC2)CCSC1. The summed E-state index contributed by atoms with van der Waals surface area (Å²) in [4.78, 5) is 16.8. The first kappa shape index (κ1) is 18.8. The fraction of sp³-hybridized carbons (Fsp3) is 0.611. The Morgan fingerprint density at radius 3 is 2.84 bits per heavy atom. The molecule has 1 N–H and O–H groups in total. The highest BCUT2D eigenvalue weighted by Gasteiger charge is 2.41. The minimum Gasteiger partial charge on any atom is -0.379 e. The molecule has 1 aromatic carbocycles. The van der Waals surface area contributed by atoms with Gasteiger partial charge in [0.25, 0.3) is 0 Å². The lowest BCUT2D eigenvalue weighted by atomic mass is 9.95. The van der Waals surface area contributed by atoms with Crippen LogP contribution in [0.5, 0.6) is 0 Å². The lowest BCUT2D eigenvalue weighted by Gasteiger charge is -2.43. The maximum Gasteiger partial charge on any atom is 0.317 e. The Bertz CT molecular complexity index is 589. The number of thioether (sulfide) groups is 1. The fourth-order valence-corrected chi connectivity index (χ4v) is 5.14. The molecular weight excluding hydrogens is 358 g/mol. The summed E-state index contributed by atoms with van der Waals surface area (Å²) in [7, 11) is 1.81. The lowest BCUT2D eigenvalue weighted by molar-refractivity contribution is -0.0127. The van der Waals surface area contributed by atoms with Gasteiger partial charge in [-0.25, -0.2) is 4.79 Å². The third-order valence-electron chi connectivity index (χ3n) is 5.05. The second-order valence-corrected chi connectivity index (χ2v) is 8.24. The molecule has 1 aromatic rings. The number of ether oxygens (including phenoxy) is 1. The van der Waals surface area contributed by atoms with Gasteiger partial charge in [0.15, 0.2) is 0 Å². The molecule has 0 saturated carbocycles. The van der Waals surface area contributed by atoms with Crippen LogP contribution in [0.1, 0.15) is 12.0 Å². The van der Waals surface area contributed by atoms with Gasteiger partial charge in [0, 0.05) is 49.5 Å². The number of amides is 2. The highest BCUT2D eigenvalue weighted by atomic mass is 35.5. The molecule has 0 aromatic heterocycles. The summed E-state index contributed by atoms with van der Waals surface area (Å²) in [5.41, 5.74) is 1.02. The zero-order valence-corrected chi connectivity index (χ0v) is 16.2. The van der Waals surface area contributed by atoms with Crippen molar-refractivity contribution < 1.29 is 9.53 Å². The molecule has 0 bridgehead atoms. The van der Waals surface area contributed by atoms with Crippen LogP contribution < -0.4 is 5.32 Å². The number of nitrogens with zero attached hydrogens (tertiary/aromatic N) is 2. The van der Waals surface area contributed by atoms with Crippen LogP contribution in [-0.2, 0) is 11.3 Å². The topological polar surface area (TPSA) is 44.8 Å². The van der Waals surface area contributed by atoms with Crippen molar-refractivity contribution in [3.05, 3.63) is 34.9 Å².